The van der Waals surface area contributed by atoms with Gasteiger partial charge in [-0.15, -0.1) is 0 Å². The van der Waals surface area contributed by atoms with Gasteiger partial charge in [-0.3, -0.25) is 14.7 Å². The Morgan fingerprint density at radius 2 is 1.81 bits per heavy atom. The zero-order valence-corrected chi connectivity index (χ0v) is 21.5. The van der Waals surface area contributed by atoms with E-state index in [2.05, 4.69) is 47.9 Å². The molecule has 1 fully saturated rings. The topological polar surface area (TPSA) is 54.3 Å². The third-order valence-electron chi connectivity index (χ3n) is 7.14. The Labute approximate surface area is 213 Å². The molecule has 0 aliphatic carbocycles. The van der Waals surface area contributed by atoms with E-state index in [-0.39, 0.29) is 11.8 Å². The van der Waals surface area contributed by atoms with Crippen molar-refractivity contribution in [3.63, 3.8) is 0 Å². The summed E-state index contributed by atoms with van der Waals surface area (Å²) < 4.78 is 1.90. The van der Waals surface area contributed by atoms with Crippen molar-refractivity contribution >= 4 is 22.4 Å². The Morgan fingerprint density at radius 3 is 2.58 bits per heavy atom. The SMILES string of the molecule is CC(=O)CC(c1ccn(-c2ccccc2)n1)N1CCCN(c2cc(C(C)C)cc3cccnc23)CC1. The maximum absolute atomic E-state index is 12.3. The second-order valence-electron chi connectivity index (χ2n) is 10.1. The van der Waals surface area contributed by atoms with Crippen LogP contribution in [0.2, 0.25) is 0 Å². The summed E-state index contributed by atoms with van der Waals surface area (Å²) >= 11 is 0. The standard InChI is InChI=1S/C30H35N5O/c1-22(2)25-20-24-9-7-13-31-30(24)29(21-25)34-15-8-14-33(17-18-34)28(19-23(3)36)27-12-16-35(32-27)26-10-5-4-6-11-26/h4-7,9-13,16,20-22,28H,8,14-15,17-19H2,1-3H3. The van der Waals surface area contributed by atoms with Crippen molar-refractivity contribution in [3.8, 4) is 5.69 Å². The normalized spacial score (nSPS) is 15.8. The van der Waals surface area contributed by atoms with Crippen LogP contribution in [0.5, 0.6) is 0 Å². The Bertz CT molecular complexity index is 1330. The number of rotatable bonds is 7. The summed E-state index contributed by atoms with van der Waals surface area (Å²) in [5.41, 5.74) is 5.60. The first-order chi connectivity index (χ1) is 17.5. The number of carbonyl (C=O) groups is 1. The molecule has 1 aliphatic rings. The van der Waals surface area contributed by atoms with Gasteiger partial charge in [0.2, 0.25) is 0 Å². The van der Waals surface area contributed by atoms with Crippen LogP contribution in [0.4, 0.5) is 5.69 Å². The molecule has 1 aliphatic heterocycles. The molecule has 186 valence electrons. The van der Waals surface area contributed by atoms with Crippen molar-refractivity contribution in [2.45, 2.75) is 45.6 Å². The van der Waals surface area contributed by atoms with Gasteiger partial charge in [0.05, 0.1) is 28.6 Å². The van der Waals surface area contributed by atoms with Crippen molar-refractivity contribution in [1.82, 2.24) is 19.7 Å². The van der Waals surface area contributed by atoms with Crippen LogP contribution in [0.15, 0.2) is 73.1 Å². The van der Waals surface area contributed by atoms with E-state index in [4.69, 9.17) is 10.1 Å². The van der Waals surface area contributed by atoms with E-state index in [1.165, 1.54) is 16.6 Å². The number of fused-ring (bicyclic) bond motifs is 1. The van der Waals surface area contributed by atoms with Crippen LogP contribution in [-0.2, 0) is 4.79 Å². The summed E-state index contributed by atoms with van der Waals surface area (Å²) in [6.07, 6.45) is 5.38. The van der Waals surface area contributed by atoms with Gasteiger partial charge < -0.3 is 4.90 Å². The largest absolute Gasteiger partial charge is 0.368 e. The van der Waals surface area contributed by atoms with E-state index in [0.717, 1.165) is 49.5 Å². The predicted molar refractivity (Wildman–Crippen MR) is 146 cm³/mol. The second-order valence-corrected chi connectivity index (χ2v) is 10.1. The Balaban J connectivity index is 1.40. The van der Waals surface area contributed by atoms with Crippen LogP contribution in [0.1, 0.15) is 56.8 Å². The van der Waals surface area contributed by atoms with Crippen LogP contribution in [0.25, 0.3) is 16.6 Å². The Morgan fingerprint density at radius 1 is 0.972 bits per heavy atom. The van der Waals surface area contributed by atoms with Crippen LogP contribution in [0.3, 0.4) is 0 Å². The van der Waals surface area contributed by atoms with E-state index in [9.17, 15) is 4.79 Å². The van der Waals surface area contributed by atoms with Crippen molar-refractivity contribution in [2.75, 3.05) is 31.1 Å². The first-order valence-electron chi connectivity index (χ1n) is 13.0. The maximum Gasteiger partial charge on any atom is 0.131 e. The number of anilines is 1. The van der Waals surface area contributed by atoms with Crippen molar-refractivity contribution in [3.05, 3.63) is 84.3 Å². The number of carbonyl (C=O) groups excluding carboxylic acids is 1. The molecule has 0 bridgehead atoms. The molecule has 5 rings (SSSR count). The summed E-state index contributed by atoms with van der Waals surface area (Å²) in [7, 11) is 0. The number of hydrogen-bond donors (Lipinski definition) is 0. The minimum absolute atomic E-state index is 0.0238. The summed E-state index contributed by atoms with van der Waals surface area (Å²) in [6, 6.07) is 20.9. The lowest BCUT2D eigenvalue weighted by molar-refractivity contribution is -0.118. The minimum atomic E-state index is -0.0238. The van der Waals surface area contributed by atoms with Gasteiger partial charge in [0, 0.05) is 50.4 Å². The molecular formula is C30H35N5O. The monoisotopic (exact) mass is 481 g/mol. The summed E-state index contributed by atoms with van der Waals surface area (Å²) in [4.78, 5) is 22.0. The molecule has 0 spiro atoms. The number of nitrogens with zero attached hydrogens (tertiary/aromatic N) is 5. The van der Waals surface area contributed by atoms with Crippen molar-refractivity contribution < 1.29 is 4.79 Å². The third-order valence-corrected chi connectivity index (χ3v) is 7.14. The fourth-order valence-electron chi connectivity index (χ4n) is 5.19. The number of Topliss-reactive ketones (excluding diaryl/α,β-unsaturated/α-hetero) is 1. The third kappa shape index (κ3) is 5.19. The van der Waals surface area contributed by atoms with Gasteiger partial charge in [-0.05, 0) is 61.2 Å². The van der Waals surface area contributed by atoms with E-state index >= 15 is 0 Å². The number of benzene rings is 2. The number of para-hydroxylation sites is 1. The van der Waals surface area contributed by atoms with E-state index in [1.54, 1.807) is 6.92 Å². The molecule has 0 saturated carbocycles. The first-order valence-corrected chi connectivity index (χ1v) is 13.0. The van der Waals surface area contributed by atoms with Gasteiger partial charge in [-0.25, -0.2) is 4.68 Å². The zero-order valence-electron chi connectivity index (χ0n) is 21.5. The van der Waals surface area contributed by atoms with Gasteiger partial charge in [0.25, 0.3) is 0 Å². The molecule has 2 aromatic carbocycles. The lowest BCUT2D eigenvalue weighted by Crippen LogP contribution is -2.35. The molecule has 6 nitrogen and oxygen atoms in total. The average molecular weight is 482 g/mol. The van der Waals surface area contributed by atoms with Gasteiger partial charge >= 0.3 is 0 Å². The first kappa shape index (κ1) is 24.2. The molecule has 36 heavy (non-hydrogen) atoms. The summed E-state index contributed by atoms with van der Waals surface area (Å²) in [5.74, 6) is 0.645. The van der Waals surface area contributed by atoms with Crippen molar-refractivity contribution in [1.29, 1.82) is 0 Å². The fourth-order valence-corrected chi connectivity index (χ4v) is 5.19. The number of ketones is 1. The van der Waals surface area contributed by atoms with Crippen LogP contribution >= 0.6 is 0 Å². The average Bonchev–Trinajstić information content (AvgIpc) is 3.25. The molecule has 1 unspecified atom stereocenters. The molecule has 0 amide bonds. The highest BCUT2D eigenvalue weighted by atomic mass is 16.1. The molecule has 3 heterocycles. The maximum atomic E-state index is 12.3. The number of aromatic nitrogens is 3. The molecule has 1 saturated heterocycles. The highest BCUT2D eigenvalue weighted by Crippen LogP contribution is 2.32. The van der Waals surface area contributed by atoms with E-state index < -0.39 is 0 Å². The van der Waals surface area contributed by atoms with Gasteiger partial charge in [-0.1, -0.05) is 38.1 Å². The lowest BCUT2D eigenvalue weighted by atomic mass is 9.99. The molecule has 4 aromatic rings. The molecule has 0 radical (unpaired) electrons. The quantitative estimate of drug-likeness (QED) is 0.335. The second kappa shape index (κ2) is 10.6. The molecule has 0 N–H and O–H groups in total. The summed E-state index contributed by atoms with van der Waals surface area (Å²) in [6.45, 7) is 9.83. The highest BCUT2D eigenvalue weighted by Gasteiger charge is 2.27. The predicted octanol–water partition coefficient (Wildman–Crippen LogP) is 5.78. The van der Waals surface area contributed by atoms with Crippen LogP contribution in [-0.4, -0.2) is 51.6 Å². The lowest BCUT2D eigenvalue weighted by Gasteiger charge is -2.29. The summed E-state index contributed by atoms with van der Waals surface area (Å²) in [5, 5.41) is 6.08. The van der Waals surface area contributed by atoms with Crippen LogP contribution < -0.4 is 4.90 Å². The molecule has 1 atom stereocenters. The molecular weight excluding hydrogens is 446 g/mol. The zero-order chi connectivity index (χ0) is 25.1. The minimum Gasteiger partial charge on any atom is -0.368 e. The smallest absolute Gasteiger partial charge is 0.131 e. The Hall–Kier alpha value is -3.51. The van der Waals surface area contributed by atoms with Gasteiger partial charge in [0.15, 0.2) is 0 Å². The van der Waals surface area contributed by atoms with E-state index in [0.29, 0.717) is 12.3 Å². The molecule has 6 heteroatoms. The fraction of sp³-hybridized carbons (Fsp3) is 0.367. The van der Waals surface area contributed by atoms with E-state index in [1.807, 2.05) is 53.5 Å². The number of hydrogen-bond acceptors (Lipinski definition) is 5. The van der Waals surface area contributed by atoms with Crippen LogP contribution in [0, 0.1) is 0 Å². The van der Waals surface area contributed by atoms with Gasteiger partial charge in [-0.2, -0.15) is 5.10 Å². The van der Waals surface area contributed by atoms with Crippen molar-refractivity contribution in [2.24, 2.45) is 0 Å². The van der Waals surface area contributed by atoms with Gasteiger partial charge in [0.1, 0.15) is 5.78 Å². The number of pyridine rings is 1. The highest BCUT2D eigenvalue weighted by molar-refractivity contribution is 5.91. The Kier molecular flexibility index (Phi) is 7.14. The molecule has 2 aromatic heterocycles.